The van der Waals surface area contributed by atoms with Crippen molar-refractivity contribution in [3.8, 4) is 11.5 Å². The number of nitrogens with two attached hydrogens (primary N) is 1. The van der Waals surface area contributed by atoms with Gasteiger partial charge in [0, 0.05) is 19.2 Å². The van der Waals surface area contributed by atoms with Gasteiger partial charge in [0.15, 0.2) is 11.5 Å². The molecule has 1 amide bonds. The molecular formula is C24H34N2O4. The molecule has 0 aromatic heterocycles. The fourth-order valence-electron chi connectivity index (χ4n) is 3.11. The van der Waals surface area contributed by atoms with Gasteiger partial charge in [-0.3, -0.25) is 4.79 Å². The van der Waals surface area contributed by atoms with Gasteiger partial charge in [-0.25, -0.2) is 0 Å². The first-order chi connectivity index (χ1) is 14.4. The molecule has 0 fully saturated rings. The maximum atomic E-state index is 12.3. The van der Waals surface area contributed by atoms with Crippen LogP contribution >= 0.6 is 0 Å². The van der Waals surface area contributed by atoms with E-state index in [0.29, 0.717) is 24.5 Å². The topological polar surface area (TPSA) is 93.8 Å². The van der Waals surface area contributed by atoms with Crippen LogP contribution in [0.3, 0.4) is 0 Å². The highest BCUT2D eigenvalue weighted by Gasteiger charge is 2.11. The van der Waals surface area contributed by atoms with Crippen LogP contribution in [0.1, 0.15) is 35.1 Å². The molecule has 30 heavy (non-hydrogen) atoms. The first-order valence-corrected chi connectivity index (χ1v) is 10.4. The van der Waals surface area contributed by atoms with Gasteiger partial charge in [-0.15, -0.1) is 0 Å². The predicted octanol–water partition coefficient (Wildman–Crippen LogP) is 2.69. The zero-order valence-corrected chi connectivity index (χ0v) is 18.2. The minimum atomic E-state index is -0.242. The highest BCUT2D eigenvalue weighted by molar-refractivity contribution is 5.78. The Labute approximate surface area is 179 Å². The minimum absolute atomic E-state index is 0.0178. The van der Waals surface area contributed by atoms with Crippen molar-refractivity contribution in [3.63, 3.8) is 0 Å². The number of aryl methyl sites for hydroxylation is 3. The molecule has 0 bridgehead atoms. The molecule has 2 aromatic rings. The lowest BCUT2D eigenvalue weighted by Crippen LogP contribution is -2.29. The van der Waals surface area contributed by atoms with Gasteiger partial charge < -0.3 is 25.6 Å². The van der Waals surface area contributed by atoms with Gasteiger partial charge in [0.1, 0.15) is 6.61 Å². The van der Waals surface area contributed by atoms with Gasteiger partial charge in [0.25, 0.3) is 0 Å². The number of carbonyl (C=O) groups excluding carboxylic acids is 1. The van der Waals surface area contributed by atoms with E-state index in [1.165, 1.54) is 16.7 Å². The number of nitrogens with one attached hydrogen (secondary N) is 1. The maximum absolute atomic E-state index is 12.3. The molecule has 0 aliphatic carbocycles. The smallest absolute Gasteiger partial charge is 0.224 e. The normalized spacial score (nSPS) is 11.8. The fourth-order valence-corrected chi connectivity index (χ4v) is 3.11. The van der Waals surface area contributed by atoms with Crippen molar-refractivity contribution < 1.29 is 19.4 Å². The number of aliphatic hydroxyl groups excluding tert-OH is 1. The number of methoxy groups -OCH3 is 1. The van der Waals surface area contributed by atoms with E-state index in [2.05, 4.69) is 37.4 Å². The summed E-state index contributed by atoms with van der Waals surface area (Å²) in [5.74, 6) is 1.12. The molecule has 164 valence electrons. The highest BCUT2D eigenvalue weighted by atomic mass is 16.5. The second-order valence-corrected chi connectivity index (χ2v) is 7.62. The van der Waals surface area contributed by atoms with Crippen LogP contribution in [0, 0.1) is 13.8 Å². The quantitative estimate of drug-likeness (QED) is 0.464. The first kappa shape index (κ1) is 23.7. The molecule has 1 unspecified atom stereocenters. The van der Waals surface area contributed by atoms with Gasteiger partial charge in [-0.2, -0.15) is 0 Å². The molecule has 2 aromatic carbocycles. The summed E-state index contributed by atoms with van der Waals surface area (Å²) in [6, 6.07) is 11.7. The summed E-state index contributed by atoms with van der Waals surface area (Å²) in [4.78, 5) is 12.3. The Hall–Kier alpha value is -2.57. The average Bonchev–Trinajstić information content (AvgIpc) is 2.73. The van der Waals surface area contributed by atoms with Crippen molar-refractivity contribution in [1.29, 1.82) is 0 Å². The number of benzene rings is 2. The number of carbonyl (C=O) groups is 1. The predicted molar refractivity (Wildman–Crippen MR) is 119 cm³/mol. The van der Waals surface area contributed by atoms with Crippen LogP contribution in [-0.4, -0.2) is 43.9 Å². The maximum Gasteiger partial charge on any atom is 0.224 e. The molecule has 0 spiro atoms. The van der Waals surface area contributed by atoms with E-state index in [9.17, 15) is 4.79 Å². The highest BCUT2D eigenvalue weighted by Crippen LogP contribution is 2.28. The van der Waals surface area contributed by atoms with Crippen molar-refractivity contribution in [3.05, 3.63) is 58.7 Å². The molecule has 1 atom stereocenters. The number of ether oxygens (including phenoxy) is 2. The molecule has 0 radical (unpaired) electrons. The van der Waals surface area contributed by atoms with E-state index in [0.717, 1.165) is 18.4 Å². The molecular weight excluding hydrogens is 380 g/mol. The molecule has 0 aliphatic rings. The van der Waals surface area contributed by atoms with Crippen molar-refractivity contribution in [2.45, 2.75) is 45.6 Å². The summed E-state index contributed by atoms with van der Waals surface area (Å²) in [6.07, 6.45) is 2.60. The second-order valence-electron chi connectivity index (χ2n) is 7.62. The van der Waals surface area contributed by atoms with Crippen LogP contribution in [-0.2, 0) is 17.6 Å². The van der Waals surface area contributed by atoms with Crippen LogP contribution in [0.25, 0.3) is 0 Å². The van der Waals surface area contributed by atoms with E-state index >= 15 is 0 Å². The summed E-state index contributed by atoms with van der Waals surface area (Å²) in [5.41, 5.74) is 10.6. The molecule has 0 saturated heterocycles. The molecule has 2 rings (SSSR count). The van der Waals surface area contributed by atoms with E-state index < -0.39 is 0 Å². The third kappa shape index (κ3) is 7.69. The summed E-state index contributed by atoms with van der Waals surface area (Å²) in [5, 5.41) is 11.9. The Morgan fingerprint density at radius 3 is 2.57 bits per heavy atom. The Kier molecular flexibility index (Phi) is 9.64. The first-order valence-electron chi connectivity index (χ1n) is 10.4. The van der Waals surface area contributed by atoms with Crippen molar-refractivity contribution >= 4 is 5.91 Å². The van der Waals surface area contributed by atoms with E-state index in [-0.39, 0.29) is 31.6 Å². The second kappa shape index (κ2) is 12.2. The third-order valence-electron chi connectivity index (χ3n) is 5.08. The summed E-state index contributed by atoms with van der Waals surface area (Å²) in [7, 11) is 1.56. The Bertz CT molecular complexity index is 823. The molecule has 4 N–H and O–H groups in total. The van der Waals surface area contributed by atoms with E-state index in [4.69, 9.17) is 20.3 Å². The lowest BCUT2D eigenvalue weighted by Gasteiger charge is -2.15. The Balaban J connectivity index is 1.79. The number of amides is 1. The van der Waals surface area contributed by atoms with Crippen molar-refractivity contribution in [2.24, 2.45) is 5.73 Å². The van der Waals surface area contributed by atoms with Crippen LogP contribution < -0.4 is 20.5 Å². The standard InChI is InChI=1S/C24H34N2O4/c1-17-6-7-19(13-18(17)2)5-4-11-26-24(28)15-20-8-9-22(23(14-20)29-3)30-16-21(25)10-12-27/h6-9,13-14,21,27H,4-5,10-12,15-16,25H2,1-3H3,(H,26,28). The van der Waals surface area contributed by atoms with Gasteiger partial charge in [-0.1, -0.05) is 24.3 Å². The lowest BCUT2D eigenvalue weighted by molar-refractivity contribution is -0.120. The molecule has 6 nitrogen and oxygen atoms in total. The van der Waals surface area contributed by atoms with Crippen molar-refractivity contribution in [2.75, 3.05) is 26.9 Å². The molecule has 6 heteroatoms. The van der Waals surface area contributed by atoms with Crippen LogP contribution in [0.2, 0.25) is 0 Å². The Morgan fingerprint density at radius 2 is 1.87 bits per heavy atom. The zero-order valence-electron chi connectivity index (χ0n) is 18.2. The minimum Gasteiger partial charge on any atom is -0.493 e. The van der Waals surface area contributed by atoms with Crippen LogP contribution in [0.5, 0.6) is 11.5 Å². The SMILES string of the molecule is COc1cc(CC(=O)NCCCc2ccc(C)c(C)c2)ccc1OCC(N)CCO. The number of rotatable bonds is 12. The summed E-state index contributed by atoms with van der Waals surface area (Å²) in [6.45, 7) is 5.19. The van der Waals surface area contributed by atoms with Gasteiger partial charge >= 0.3 is 0 Å². The zero-order chi connectivity index (χ0) is 21.9. The van der Waals surface area contributed by atoms with E-state index in [1.807, 2.05) is 12.1 Å². The fraction of sp³-hybridized carbons (Fsp3) is 0.458. The van der Waals surface area contributed by atoms with Gasteiger partial charge in [0.05, 0.1) is 13.5 Å². The van der Waals surface area contributed by atoms with Gasteiger partial charge in [0.2, 0.25) is 5.91 Å². The number of hydrogen-bond donors (Lipinski definition) is 3. The van der Waals surface area contributed by atoms with Gasteiger partial charge in [-0.05, 0) is 67.5 Å². The monoisotopic (exact) mass is 414 g/mol. The third-order valence-corrected chi connectivity index (χ3v) is 5.08. The van der Waals surface area contributed by atoms with Crippen LogP contribution in [0.4, 0.5) is 0 Å². The largest absolute Gasteiger partial charge is 0.493 e. The average molecular weight is 415 g/mol. The molecule has 0 heterocycles. The number of aliphatic hydroxyl groups is 1. The lowest BCUT2D eigenvalue weighted by atomic mass is 10.0. The van der Waals surface area contributed by atoms with Crippen LogP contribution in [0.15, 0.2) is 36.4 Å². The van der Waals surface area contributed by atoms with E-state index in [1.54, 1.807) is 13.2 Å². The number of hydrogen-bond acceptors (Lipinski definition) is 5. The Morgan fingerprint density at radius 1 is 1.10 bits per heavy atom. The molecule has 0 aliphatic heterocycles. The van der Waals surface area contributed by atoms with Crippen molar-refractivity contribution in [1.82, 2.24) is 5.32 Å². The summed E-state index contributed by atoms with van der Waals surface area (Å²) >= 11 is 0. The summed E-state index contributed by atoms with van der Waals surface area (Å²) < 4.78 is 11.1. The molecule has 0 saturated carbocycles.